The minimum Gasteiger partial charge on any atom is -0.491 e. The monoisotopic (exact) mass is 373 g/mol. The topological polar surface area (TPSA) is 94.1 Å². The van der Waals surface area contributed by atoms with Crippen LogP contribution in [0.5, 0.6) is 17.2 Å². The van der Waals surface area contributed by atoms with Gasteiger partial charge in [0.1, 0.15) is 12.4 Å². The number of rotatable bonds is 10. The summed E-state index contributed by atoms with van der Waals surface area (Å²) in [6.45, 7) is 4.30. The predicted molar refractivity (Wildman–Crippen MR) is 99.7 cm³/mol. The summed E-state index contributed by atoms with van der Waals surface area (Å²) in [5.41, 5.74) is 1.42. The highest BCUT2D eigenvalue weighted by atomic mass is 16.5. The van der Waals surface area contributed by atoms with Gasteiger partial charge in [0.25, 0.3) is 5.91 Å². The number of carboxylic acid groups (broad SMARTS) is 1. The molecule has 0 atom stereocenters. The molecule has 144 valence electrons. The lowest BCUT2D eigenvalue weighted by Crippen LogP contribution is -2.28. The van der Waals surface area contributed by atoms with Crippen LogP contribution in [0.1, 0.15) is 22.8 Å². The van der Waals surface area contributed by atoms with E-state index in [0.29, 0.717) is 31.1 Å². The molecule has 0 bridgehead atoms. The van der Waals surface area contributed by atoms with Gasteiger partial charge in [-0.05, 0) is 43.7 Å². The average molecular weight is 373 g/mol. The first-order valence-corrected chi connectivity index (χ1v) is 8.59. The molecule has 0 unspecified atom stereocenters. The number of amides is 1. The van der Waals surface area contributed by atoms with Crippen molar-refractivity contribution in [2.24, 2.45) is 0 Å². The standard InChI is InChI=1S/C20H23NO6/c1-3-25-18-12-15(8-9-17(18)27-13-19(22)23)20(24)21-10-11-26-16-7-5-4-6-14(16)2/h4-9,12H,3,10-11,13H2,1-2H3,(H,21,24)(H,22,23). The fourth-order valence-electron chi connectivity index (χ4n) is 2.32. The van der Waals surface area contributed by atoms with Crippen LogP contribution in [0.3, 0.4) is 0 Å². The Hall–Kier alpha value is -3.22. The Morgan fingerprint density at radius 3 is 2.48 bits per heavy atom. The molecule has 0 aliphatic carbocycles. The smallest absolute Gasteiger partial charge is 0.341 e. The number of aliphatic carboxylic acids is 1. The zero-order chi connectivity index (χ0) is 19.6. The van der Waals surface area contributed by atoms with Crippen molar-refractivity contribution >= 4 is 11.9 Å². The Morgan fingerprint density at radius 2 is 1.78 bits per heavy atom. The largest absolute Gasteiger partial charge is 0.491 e. The molecule has 7 heteroatoms. The lowest BCUT2D eigenvalue weighted by atomic mass is 10.2. The van der Waals surface area contributed by atoms with Gasteiger partial charge in [-0.15, -0.1) is 0 Å². The van der Waals surface area contributed by atoms with Gasteiger partial charge in [0.2, 0.25) is 0 Å². The number of carbonyl (C=O) groups excluding carboxylic acids is 1. The van der Waals surface area contributed by atoms with E-state index >= 15 is 0 Å². The number of para-hydroxylation sites is 1. The molecular formula is C20H23NO6. The van der Waals surface area contributed by atoms with E-state index < -0.39 is 12.6 Å². The first-order valence-electron chi connectivity index (χ1n) is 8.59. The van der Waals surface area contributed by atoms with Gasteiger partial charge in [0.15, 0.2) is 18.1 Å². The average Bonchev–Trinajstić information content (AvgIpc) is 2.65. The number of carboxylic acids is 1. The van der Waals surface area contributed by atoms with E-state index in [9.17, 15) is 9.59 Å². The summed E-state index contributed by atoms with van der Waals surface area (Å²) >= 11 is 0. The highest BCUT2D eigenvalue weighted by molar-refractivity contribution is 5.94. The molecule has 7 nitrogen and oxygen atoms in total. The van der Waals surface area contributed by atoms with Crippen molar-refractivity contribution in [2.75, 3.05) is 26.4 Å². The Bertz CT molecular complexity index is 790. The summed E-state index contributed by atoms with van der Waals surface area (Å²) in [5, 5.41) is 11.5. The molecule has 1 amide bonds. The lowest BCUT2D eigenvalue weighted by Gasteiger charge is -2.13. The van der Waals surface area contributed by atoms with Gasteiger partial charge in [0, 0.05) is 5.56 Å². The third-order valence-corrected chi connectivity index (χ3v) is 3.60. The molecule has 0 saturated heterocycles. The Morgan fingerprint density at radius 1 is 1.00 bits per heavy atom. The van der Waals surface area contributed by atoms with Gasteiger partial charge in [-0.25, -0.2) is 4.79 Å². The minimum absolute atomic E-state index is 0.277. The number of nitrogens with one attached hydrogen (secondary N) is 1. The summed E-state index contributed by atoms with van der Waals surface area (Å²) in [5.74, 6) is 0.00796. The number of hydrogen-bond acceptors (Lipinski definition) is 5. The molecule has 2 aromatic rings. The number of benzene rings is 2. The van der Waals surface area contributed by atoms with Crippen molar-refractivity contribution in [3.05, 3.63) is 53.6 Å². The van der Waals surface area contributed by atoms with Gasteiger partial charge < -0.3 is 24.6 Å². The third-order valence-electron chi connectivity index (χ3n) is 3.60. The molecule has 2 rings (SSSR count). The molecule has 0 aliphatic rings. The first kappa shape index (κ1) is 20.1. The predicted octanol–water partition coefficient (Wildman–Crippen LogP) is 2.67. The van der Waals surface area contributed by atoms with E-state index in [2.05, 4.69) is 5.32 Å². The molecule has 0 radical (unpaired) electrons. The highest BCUT2D eigenvalue weighted by Gasteiger charge is 2.12. The molecule has 0 aliphatic heterocycles. The number of aryl methyl sites for hydroxylation is 1. The summed E-state index contributed by atoms with van der Waals surface area (Å²) in [6.07, 6.45) is 0. The number of hydrogen-bond donors (Lipinski definition) is 2. The molecule has 2 aromatic carbocycles. The van der Waals surface area contributed by atoms with Crippen LogP contribution in [0, 0.1) is 6.92 Å². The zero-order valence-corrected chi connectivity index (χ0v) is 15.4. The molecular weight excluding hydrogens is 350 g/mol. The molecule has 0 heterocycles. The second kappa shape index (κ2) is 10.1. The van der Waals surface area contributed by atoms with E-state index in [0.717, 1.165) is 11.3 Å². The van der Waals surface area contributed by atoms with E-state index in [1.54, 1.807) is 13.0 Å². The molecule has 0 saturated carbocycles. The Kier molecular flexibility index (Phi) is 7.49. The van der Waals surface area contributed by atoms with Crippen LogP contribution in [0.25, 0.3) is 0 Å². The van der Waals surface area contributed by atoms with Crippen molar-refractivity contribution < 1.29 is 28.9 Å². The van der Waals surface area contributed by atoms with Crippen LogP contribution < -0.4 is 19.5 Å². The Balaban J connectivity index is 1.92. The SMILES string of the molecule is CCOc1cc(C(=O)NCCOc2ccccc2C)ccc1OCC(=O)O. The summed E-state index contributed by atoms with van der Waals surface area (Å²) < 4.78 is 16.2. The van der Waals surface area contributed by atoms with Crippen LogP contribution in [-0.4, -0.2) is 43.3 Å². The maximum absolute atomic E-state index is 12.3. The van der Waals surface area contributed by atoms with E-state index in [-0.39, 0.29) is 11.7 Å². The van der Waals surface area contributed by atoms with Crippen molar-refractivity contribution in [3.8, 4) is 17.2 Å². The Labute approximate surface area is 157 Å². The van der Waals surface area contributed by atoms with E-state index in [1.165, 1.54) is 12.1 Å². The minimum atomic E-state index is -1.09. The van der Waals surface area contributed by atoms with Crippen LogP contribution >= 0.6 is 0 Å². The molecule has 0 aromatic heterocycles. The van der Waals surface area contributed by atoms with Gasteiger partial charge >= 0.3 is 5.97 Å². The van der Waals surface area contributed by atoms with Crippen LogP contribution in [-0.2, 0) is 4.79 Å². The lowest BCUT2D eigenvalue weighted by molar-refractivity contribution is -0.139. The molecule has 2 N–H and O–H groups in total. The second-order valence-electron chi connectivity index (χ2n) is 5.65. The van der Waals surface area contributed by atoms with E-state index in [1.807, 2.05) is 31.2 Å². The second-order valence-corrected chi connectivity index (χ2v) is 5.65. The normalized spacial score (nSPS) is 10.1. The zero-order valence-electron chi connectivity index (χ0n) is 15.4. The molecule has 0 spiro atoms. The third kappa shape index (κ3) is 6.22. The van der Waals surface area contributed by atoms with Gasteiger partial charge in [-0.1, -0.05) is 18.2 Å². The summed E-state index contributed by atoms with van der Waals surface area (Å²) in [7, 11) is 0. The number of carbonyl (C=O) groups is 2. The van der Waals surface area contributed by atoms with Crippen LogP contribution in [0.4, 0.5) is 0 Å². The van der Waals surface area contributed by atoms with E-state index in [4.69, 9.17) is 19.3 Å². The van der Waals surface area contributed by atoms with Crippen LogP contribution in [0.15, 0.2) is 42.5 Å². The maximum atomic E-state index is 12.3. The molecule has 0 fully saturated rings. The number of ether oxygens (including phenoxy) is 3. The van der Waals surface area contributed by atoms with Crippen LogP contribution in [0.2, 0.25) is 0 Å². The van der Waals surface area contributed by atoms with Gasteiger partial charge in [-0.3, -0.25) is 4.79 Å². The fourth-order valence-corrected chi connectivity index (χ4v) is 2.32. The van der Waals surface area contributed by atoms with Crippen molar-refractivity contribution in [2.45, 2.75) is 13.8 Å². The fraction of sp³-hybridized carbons (Fsp3) is 0.300. The maximum Gasteiger partial charge on any atom is 0.341 e. The van der Waals surface area contributed by atoms with Gasteiger partial charge in [0.05, 0.1) is 13.2 Å². The summed E-state index contributed by atoms with van der Waals surface area (Å²) in [4.78, 5) is 22.9. The first-order chi connectivity index (χ1) is 13.0. The highest BCUT2D eigenvalue weighted by Crippen LogP contribution is 2.28. The van der Waals surface area contributed by atoms with Crippen molar-refractivity contribution in [3.63, 3.8) is 0 Å². The quantitative estimate of drug-likeness (QED) is 0.622. The summed E-state index contributed by atoms with van der Waals surface area (Å²) in [6, 6.07) is 12.3. The van der Waals surface area contributed by atoms with Crippen molar-refractivity contribution in [1.29, 1.82) is 0 Å². The van der Waals surface area contributed by atoms with Gasteiger partial charge in [-0.2, -0.15) is 0 Å². The molecule has 27 heavy (non-hydrogen) atoms. The van der Waals surface area contributed by atoms with Crippen molar-refractivity contribution in [1.82, 2.24) is 5.32 Å².